The van der Waals surface area contributed by atoms with E-state index in [9.17, 15) is 28.8 Å². The summed E-state index contributed by atoms with van der Waals surface area (Å²) in [6.07, 6.45) is -0.523. The van der Waals surface area contributed by atoms with Crippen LogP contribution in [-0.4, -0.2) is 85.6 Å². The van der Waals surface area contributed by atoms with Gasteiger partial charge in [0.1, 0.15) is 5.75 Å². The second-order valence-corrected chi connectivity index (χ2v) is 8.82. The minimum atomic E-state index is -1.88. The lowest BCUT2D eigenvalue weighted by molar-refractivity contribution is -0.170. The number of carbonyl (C=O) groups excluding carboxylic acids is 6. The molecule has 0 aliphatic heterocycles. The average Bonchev–Trinajstić information content (AvgIpc) is 2.95. The molecule has 0 amide bonds. The molecule has 0 aromatic heterocycles. The second-order valence-electron chi connectivity index (χ2n) is 7.97. The van der Waals surface area contributed by atoms with Crippen LogP contribution in [0, 0.1) is 23.7 Å². The Morgan fingerprint density at radius 1 is 0.615 bits per heavy atom. The van der Waals surface area contributed by atoms with Crippen LogP contribution >= 0.6 is 15.9 Å². The summed E-state index contributed by atoms with van der Waals surface area (Å²) in [5, 5.41) is 0. The molecule has 0 aliphatic carbocycles. The van der Waals surface area contributed by atoms with E-state index in [-0.39, 0.29) is 5.56 Å². The van der Waals surface area contributed by atoms with E-state index in [1.165, 1.54) is 13.2 Å². The van der Waals surface area contributed by atoms with Crippen molar-refractivity contribution in [2.45, 2.75) is 12.3 Å². The van der Waals surface area contributed by atoms with Gasteiger partial charge in [0, 0.05) is 16.3 Å². The van der Waals surface area contributed by atoms with Crippen LogP contribution in [0.4, 0.5) is 0 Å². The molecule has 0 N–H and O–H groups in total. The SMILES string of the molecule is COC(=O)C(C(=O)OC)C(C[C@@H](c1cc(OC)ccc1Br)C(C(=O)OC)C(=O)OC)C(C(=O)OC)C(=O)OC. The fourth-order valence-corrected chi connectivity index (χ4v) is 4.75. The van der Waals surface area contributed by atoms with Gasteiger partial charge in [-0.05, 0) is 30.2 Å². The number of esters is 6. The molecule has 216 valence electrons. The van der Waals surface area contributed by atoms with Crippen LogP contribution in [0.5, 0.6) is 5.75 Å². The molecule has 1 aromatic carbocycles. The standard InChI is InChI=1S/C25H31BrO13/c1-33-12-8-9-16(26)13(10-12)14(17(20(27)34-2)21(28)35-3)11-15(18(22(29)36-4)23(30)37-5)19(24(31)38-6)25(32)39-7/h8-10,14-15,17-19H,11H2,1-7H3/t14-/m0/s1. The summed E-state index contributed by atoms with van der Waals surface area (Å²) in [5.41, 5.74) is 0.266. The Hall–Kier alpha value is -3.68. The molecular formula is C25H31BrO13. The molecule has 0 heterocycles. The van der Waals surface area contributed by atoms with Gasteiger partial charge in [0.05, 0.1) is 49.8 Å². The van der Waals surface area contributed by atoms with E-state index in [4.69, 9.17) is 33.2 Å². The van der Waals surface area contributed by atoms with Gasteiger partial charge in [0.2, 0.25) is 0 Å². The molecule has 0 radical (unpaired) electrons. The van der Waals surface area contributed by atoms with E-state index in [0.717, 1.165) is 42.7 Å². The quantitative estimate of drug-likeness (QED) is 0.177. The average molecular weight is 619 g/mol. The van der Waals surface area contributed by atoms with Gasteiger partial charge in [-0.3, -0.25) is 28.8 Å². The summed E-state index contributed by atoms with van der Waals surface area (Å²) in [6, 6.07) is 4.64. The molecular weight excluding hydrogens is 588 g/mol. The number of ether oxygens (including phenoxy) is 7. The van der Waals surface area contributed by atoms with Crippen molar-refractivity contribution in [1.82, 2.24) is 0 Å². The van der Waals surface area contributed by atoms with Crippen molar-refractivity contribution in [2.24, 2.45) is 23.7 Å². The van der Waals surface area contributed by atoms with E-state index in [2.05, 4.69) is 15.9 Å². The van der Waals surface area contributed by atoms with Gasteiger partial charge in [-0.1, -0.05) is 15.9 Å². The van der Waals surface area contributed by atoms with Crippen LogP contribution in [0.2, 0.25) is 0 Å². The van der Waals surface area contributed by atoms with E-state index in [1.54, 1.807) is 12.1 Å². The highest BCUT2D eigenvalue weighted by atomic mass is 79.9. The molecule has 1 aromatic rings. The zero-order valence-electron chi connectivity index (χ0n) is 22.5. The molecule has 14 heteroatoms. The van der Waals surface area contributed by atoms with Gasteiger partial charge in [0.25, 0.3) is 0 Å². The number of carbonyl (C=O) groups is 6. The molecule has 0 spiro atoms. The summed E-state index contributed by atoms with van der Waals surface area (Å²) < 4.78 is 34.5. The number of methoxy groups -OCH3 is 7. The summed E-state index contributed by atoms with van der Waals surface area (Å²) in [6.45, 7) is 0. The Labute approximate surface area is 233 Å². The van der Waals surface area contributed by atoms with Gasteiger partial charge in [-0.15, -0.1) is 0 Å². The first-order valence-electron chi connectivity index (χ1n) is 11.3. The number of benzene rings is 1. The maximum atomic E-state index is 12.9. The topological polar surface area (TPSA) is 167 Å². The molecule has 13 nitrogen and oxygen atoms in total. The predicted molar refractivity (Wildman–Crippen MR) is 134 cm³/mol. The maximum absolute atomic E-state index is 12.9. The molecule has 0 aliphatic rings. The van der Waals surface area contributed by atoms with Crippen LogP contribution in [0.25, 0.3) is 0 Å². The van der Waals surface area contributed by atoms with Crippen molar-refractivity contribution in [3.05, 3.63) is 28.2 Å². The normalized spacial score (nSPS) is 11.6. The van der Waals surface area contributed by atoms with Crippen LogP contribution in [0.3, 0.4) is 0 Å². The fraction of sp³-hybridized carbons (Fsp3) is 0.520. The Morgan fingerprint density at radius 2 is 0.974 bits per heavy atom. The molecule has 0 bridgehead atoms. The lowest BCUT2D eigenvalue weighted by atomic mass is 9.71. The minimum absolute atomic E-state index is 0.266. The van der Waals surface area contributed by atoms with Crippen molar-refractivity contribution in [1.29, 1.82) is 0 Å². The minimum Gasteiger partial charge on any atom is -0.497 e. The fourth-order valence-electron chi connectivity index (χ4n) is 4.21. The number of rotatable bonds is 13. The van der Waals surface area contributed by atoms with E-state index in [0.29, 0.717) is 10.2 Å². The lowest BCUT2D eigenvalue weighted by Gasteiger charge is -2.33. The summed E-state index contributed by atoms with van der Waals surface area (Å²) in [5.74, 6) is -14.7. The number of hydrogen-bond acceptors (Lipinski definition) is 13. The Morgan fingerprint density at radius 3 is 1.31 bits per heavy atom. The first-order chi connectivity index (χ1) is 18.5. The highest BCUT2D eigenvalue weighted by Crippen LogP contribution is 2.43. The van der Waals surface area contributed by atoms with Gasteiger partial charge >= 0.3 is 35.8 Å². The van der Waals surface area contributed by atoms with Gasteiger partial charge < -0.3 is 33.2 Å². The lowest BCUT2D eigenvalue weighted by Crippen LogP contribution is -2.45. The van der Waals surface area contributed by atoms with E-state index >= 15 is 0 Å². The molecule has 0 unspecified atom stereocenters. The highest BCUT2D eigenvalue weighted by Gasteiger charge is 2.51. The first-order valence-corrected chi connectivity index (χ1v) is 12.1. The summed E-state index contributed by atoms with van der Waals surface area (Å²) in [7, 11) is 7.43. The third kappa shape index (κ3) is 7.91. The maximum Gasteiger partial charge on any atom is 0.320 e. The van der Waals surface area contributed by atoms with Gasteiger partial charge in [0.15, 0.2) is 17.8 Å². The number of hydrogen-bond donors (Lipinski definition) is 0. The Balaban J connectivity index is 4.12. The van der Waals surface area contributed by atoms with Crippen molar-refractivity contribution in [3.8, 4) is 5.75 Å². The predicted octanol–water partition coefficient (Wildman–Crippen LogP) is 1.43. The Kier molecular flexibility index (Phi) is 13.4. The Bertz CT molecular complexity index is 986. The zero-order valence-corrected chi connectivity index (χ0v) is 24.1. The largest absolute Gasteiger partial charge is 0.497 e. The van der Waals surface area contributed by atoms with Gasteiger partial charge in [-0.2, -0.15) is 0 Å². The van der Waals surface area contributed by atoms with Crippen LogP contribution in [-0.2, 0) is 57.2 Å². The first kappa shape index (κ1) is 33.3. The van der Waals surface area contributed by atoms with Crippen LogP contribution in [0.1, 0.15) is 17.9 Å². The second kappa shape index (κ2) is 15.7. The van der Waals surface area contributed by atoms with E-state index in [1.807, 2.05) is 0 Å². The van der Waals surface area contributed by atoms with Gasteiger partial charge in [-0.25, -0.2) is 0 Å². The third-order valence-corrected chi connectivity index (χ3v) is 6.84. The van der Waals surface area contributed by atoms with Crippen molar-refractivity contribution in [2.75, 3.05) is 49.8 Å². The molecule has 0 saturated heterocycles. The third-order valence-electron chi connectivity index (χ3n) is 6.12. The smallest absolute Gasteiger partial charge is 0.320 e. The molecule has 39 heavy (non-hydrogen) atoms. The van der Waals surface area contributed by atoms with E-state index < -0.39 is 71.8 Å². The summed E-state index contributed by atoms with van der Waals surface area (Å²) >= 11 is 3.38. The van der Waals surface area contributed by atoms with Crippen LogP contribution in [0.15, 0.2) is 22.7 Å². The van der Waals surface area contributed by atoms with Crippen LogP contribution < -0.4 is 4.74 Å². The van der Waals surface area contributed by atoms with Crippen molar-refractivity contribution in [3.63, 3.8) is 0 Å². The summed E-state index contributed by atoms with van der Waals surface area (Å²) in [4.78, 5) is 77.4. The zero-order chi connectivity index (χ0) is 29.9. The molecule has 1 atom stereocenters. The monoisotopic (exact) mass is 618 g/mol. The highest BCUT2D eigenvalue weighted by molar-refractivity contribution is 9.10. The molecule has 0 fully saturated rings. The molecule has 1 rings (SSSR count). The number of halogens is 1. The molecule has 0 saturated carbocycles. The van der Waals surface area contributed by atoms with Crippen molar-refractivity contribution >= 4 is 51.7 Å². The van der Waals surface area contributed by atoms with Crippen molar-refractivity contribution < 1.29 is 61.9 Å².